The van der Waals surface area contributed by atoms with Crippen LogP contribution in [0, 0.1) is 0 Å². The average molecular weight is 269 g/mol. The normalized spacial score (nSPS) is 17.0. The Labute approximate surface area is 118 Å². The highest BCUT2D eigenvalue weighted by atomic mass is 16.1. The number of ketones is 1. The minimum absolute atomic E-state index is 0.186. The zero-order chi connectivity index (χ0) is 13.8. The molecule has 4 heteroatoms. The maximum Gasteiger partial charge on any atom is 0.177 e. The second-order valence-corrected chi connectivity index (χ2v) is 5.18. The number of aromatic nitrogens is 1. The van der Waals surface area contributed by atoms with Gasteiger partial charge in [0.25, 0.3) is 0 Å². The molecule has 20 heavy (non-hydrogen) atoms. The van der Waals surface area contributed by atoms with Crippen LogP contribution in [0.15, 0.2) is 36.5 Å². The summed E-state index contributed by atoms with van der Waals surface area (Å²) in [6.45, 7) is 4.43. The summed E-state index contributed by atoms with van der Waals surface area (Å²) in [4.78, 5) is 19.1. The average Bonchev–Trinajstić information content (AvgIpc) is 2.75. The molecule has 1 saturated heterocycles. The molecular formula is C16H19N3O. The van der Waals surface area contributed by atoms with E-state index in [4.69, 9.17) is 0 Å². The molecule has 3 rings (SSSR count). The molecule has 1 aliphatic rings. The molecule has 0 radical (unpaired) electrons. The fourth-order valence-corrected chi connectivity index (χ4v) is 2.69. The SMILES string of the molecule is O=C(CN1CCCNCC1)c1cccc2ncccc12. The topological polar surface area (TPSA) is 45.2 Å². The fourth-order valence-electron chi connectivity index (χ4n) is 2.69. The molecule has 4 nitrogen and oxygen atoms in total. The molecule has 104 valence electrons. The van der Waals surface area contributed by atoms with Crippen LogP contribution in [0.5, 0.6) is 0 Å². The van der Waals surface area contributed by atoms with E-state index in [1.54, 1.807) is 6.20 Å². The van der Waals surface area contributed by atoms with E-state index in [1.165, 1.54) is 0 Å². The number of pyridine rings is 1. The van der Waals surface area contributed by atoms with Crippen LogP contribution in [0.2, 0.25) is 0 Å². The van der Waals surface area contributed by atoms with Gasteiger partial charge in [-0.15, -0.1) is 0 Å². The van der Waals surface area contributed by atoms with Gasteiger partial charge in [0.1, 0.15) is 0 Å². The van der Waals surface area contributed by atoms with Gasteiger partial charge in [0.05, 0.1) is 12.1 Å². The number of rotatable bonds is 3. The number of benzene rings is 1. The molecule has 1 aliphatic heterocycles. The Balaban J connectivity index is 1.81. The third kappa shape index (κ3) is 2.86. The number of fused-ring (bicyclic) bond motifs is 1. The number of nitrogens with one attached hydrogen (secondary N) is 1. The number of hydrogen-bond acceptors (Lipinski definition) is 4. The van der Waals surface area contributed by atoms with Crippen molar-refractivity contribution in [2.75, 3.05) is 32.7 Å². The summed E-state index contributed by atoms with van der Waals surface area (Å²) in [7, 11) is 0. The van der Waals surface area contributed by atoms with Crippen LogP contribution in [0.3, 0.4) is 0 Å². The first-order valence-corrected chi connectivity index (χ1v) is 7.14. The molecule has 0 atom stereocenters. The lowest BCUT2D eigenvalue weighted by atomic mass is 10.0. The lowest BCUT2D eigenvalue weighted by Gasteiger charge is -2.18. The summed E-state index contributed by atoms with van der Waals surface area (Å²) in [6.07, 6.45) is 2.86. The van der Waals surface area contributed by atoms with E-state index in [0.29, 0.717) is 6.54 Å². The lowest BCUT2D eigenvalue weighted by molar-refractivity contribution is 0.0936. The van der Waals surface area contributed by atoms with Crippen LogP contribution >= 0.6 is 0 Å². The molecule has 2 heterocycles. The van der Waals surface area contributed by atoms with E-state index in [1.807, 2.05) is 30.3 Å². The molecule has 1 fully saturated rings. The molecular weight excluding hydrogens is 250 g/mol. The third-order valence-electron chi connectivity index (χ3n) is 3.75. The highest BCUT2D eigenvalue weighted by Gasteiger charge is 2.16. The van der Waals surface area contributed by atoms with E-state index in [2.05, 4.69) is 15.2 Å². The van der Waals surface area contributed by atoms with Crippen molar-refractivity contribution in [2.24, 2.45) is 0 Å². The number of carbonyl (C=O) groups is 1. The van der Waals surface area contributed by atoms with E-state index < -0.39 is 0 Å². The Morgan fingerprint density at radius 3 is 3.10 bits per heavy atom. The van der Waals surface area contributed by atoms with Crippen molar-refractivity contribution in [2.45, 2.75) is 6.42 Å². The Hall–Kier alpha value is -1.78. The minimum atomic E-state index is 0.186. The van der Waals surface area contributed by atoms with E-state index in [-0.39, 0.29) is 5.78 Å². The fraction of sp³-hybridized carbons (Fsp3) is 0.375. The maximum absolute atomic E-state index is 12.5. The van der Waals surface area contributed by atoms with Crippen LogP contribution in [0.25, 0.3) is 10.9 Å². The first-order chi connectivity index (χ1) is 9.84. The highest BCUT2D eigenvalue weighted by molar-refractivity contribution is 6.08. The second-order valence-electron chi connectivity index (χ2n) is 5.18. The zero-order valence-corrected chi connectivity index (χ0v) is 11.5. The quantitative estimate of drug-likeness (QED) is 0.862. The lowest BCUT2D eigenvalue weighted by Crippen LogP contribution is -2.33. The van der Waals surface area contributed by atoms with Gasteiger partial charge in [0.2, 0.25) is 0 Å². The first-order valence-electron chi connectivity index (χ1n) is 7.14. The monoisotopic (exact) mass is 269 g/mol. The van der Waals surface area contributed by atoms with Crippen LogP contribution < -0.4 is 5.32 Å². The van der Waals surface area contributed by atoms with Crippen molar-refractivity contribution in [1.82, 2.24) is 15.2 Å². The van der Waals surface area contributed by atoms with E-state index >= 15 is 0 Å². The summed E-state index contributed by atoms with van der Waals surface area (Å²) in [6, 6.07) is 9.62. The second kappa shape index (κ2) is 6.11. The molecule has 0 amide bonds. The van der Waals surface area contributed by atoms with Gasteiger partial charge in [0, 0.05) is 30.2 Å². The van der Waals surface area contributed by atoms with Crippen LogP contribution in [0.4, 0.5) is 0 Å². The van der Waals surface area contributed by atoms with Gasteiger partial charge >= 0.3 is 0 Å². The van der Waals surface area contributed by atoms with Gasteiger partial charge < -0.3 is 5.32 Å². The minimum Gasteiger partial charge on any atom is -0.315 e. The van der Waals surface area contributed by atoms with Gasteiger partial charge in [-0.2, -0.15) is 0 Å². The van der Waals surface area contributed by atoms with Crippen molar-refractivity contribution < 1.29 is 4.79 Å². The Morgan fingerprint density at radius 1 is 1.20 bits per heavy atom. The number of Topliss-reactive ketones (excluding diaryl/α,β-unsaturated/α-hetero) is 1. The van der Waals surface area contributed by atoms with Crippen molar-refractivity contribution in [3.63, 3.8) is 0 Å². The molecule has 0 spiro atoms. The van der Waals surface area contributed by atoms with Crippen molar-refractivity contribution in [3.8, 4) is 0 Å². The van der Waals surface area contributed by atoms with Crippen molar-refractivity contribution >= 4 is 16.7 Å². The van der Waals surface area contributed by atoms with Gasteiger partial charge in [-0.05, 0) is 31.6 Å². The van der Waals surface area contributed by atoms with Gasteiger partial charge in [-0.3, -0.25) is 14.7 Å². The molecule has 0 aliphatic carbocycles. The van der Waals surface area contributed by atoms with Gasteiger partial charge in [-0.25, -0.2) is 0 Å². The standard InChI is InChI=1S/C16H19N3O/c20-16(12-19-10-3-7-17-9-11-19)14-4-1-6-15-13(14)5-2-8-18-15/h1-2,4-6,8,17H,3,7,9-12H2. The highest BCUT2D eigenvalue weighted by Crippen LogP contribution is 2.17. The summed E-state index contributed by atoms with van der Waals surface area (Å²) in [5.41, 5.74) is 1.67. The number of hydrogen-bond donors (Lipinski definition) is 1. The van der Waals surface area contributed by atoms with Crippen LogP contribution in [0.1, 0.15) is 16.8 Å². The largest absolute Gasteiger partial charge is 0.315 e. The molecule has 2 aromatic rings. The summed E-state index contributed by atoms with van der Waals surface area (Å²) in [5.74, 6) is 0.186. The molecule has 1 N–H and O–H groups in total. The van der Waals surface area contributed by atoms with E-state index in [0.717, 1.165) is 49.1 Å². The molecule has 0 unspecified atom stereocenters. The molecule has 1 aromatic carbocycles. The summed E-state index contributed by atoms with van der Waals surface area (Å²) < 4.78 is 0. The van der Waals surface area contributed by atoms with Crippen molar-refractivity contribution in [1.29, 1.82) is 0 Å². The number of nitrogens with zero attached hydrogens (tertiary/aromatic N) is 2. The molecule has 1 aromatic heterocycles. The zero-order valence-electron chi connectivity index (χ0n) is 11.5. The summed E-state index contributed by atoms with van der Waals surface area (Å²) in [5, 5.41) is 4.31. The predicted molar refractivity (Wildman–Crippen MR) is 80.0 cm³/mol. The van der Waals surface area contributed by atoms with Gasteiger partial charge in [-0.1, -0.05) is 18.2 Å². The first kappa shape index (κ1) is 13.2. The van der Waals surface area contributed by atoms with Crippen LogP contribution in [-0.2, 0) is 0 Å². The Morgan fingerprint density at radius 2 is 2.15 bits per heavy atom. The predicted octanol–water partition coefficient (Wildman–Crippen LogP) is 1.71. The summed E-state index contributed by atoms with van der Waals surface area (Å²) >= 11 is 0. The molecule has 0 bridgehead atoms. The Bertz CT molecular complexity index is 598. The smallest absolute Gasteiger partial charge is 0.177 e. The maximum atomic E-state index is 12.5. The molecule has 0 saturated carbocycles. The van der Waals surface area contributed by atoms with Crippen molar-refractivity contribution in [3.05, 3.63) is 42.1 Å². The van der Waals surface area contributed by atoms with E-state index in [9.17, 15) is 4.79 Å². The van der Waals surface area contributed by atoms with Gasteiger partial charge in [0.15, 0.2) is 5.78 Å². The van der Waals surface area contributed by atoms with Crippen LogP contribution in [-0.4, -0.2) is 48.4 Å². The Kier molecular flexibility index (Phi) is 4.04. The third-order valence-corrected chi connectivity index (χ3v) is 3.75. The number of carbonyl (C=O) groups excluding carboxylic acids is 1.